The molecule has 2 aromatic rings. The quantitative estimate of drug-likeness (QED) is 0.394. The molecule has 37 heavy (non-hydrogen) atoms. The Morgan fingerprint density at radius 2 is 1.51 bits per heavy atom. The molecule has 0 unspecified atom stereocenters. The van der Waals surface area contributed by atoms with Crippen LogP contribution in [0.1, 0.15) is 12.8 Å². The average molecular weight is 512 g/mol. The number of hydrazine groups is 1. The van der Waals surface area contributed by atoms with Crippen LogP contribution in [0.5, 0.6) is 5.75 Å². The molecule has 2 saturated heterocycles. The third-order valence-electron chi connectivity index (χ3n) is 6.32. The van der Waals surface area contributed by atoms with E-state index in [4.69, 9.17) is 14.9 Å². The highest BCUT2D eigenvalue weighted by molar-refractivity contribution is 5.89. The first-order valence-corrected chi connectivity index (χ1v) is 12.4. The van der Waals surface area contributed by atoms with Gasteiger partial charge in [0.2, 0.25) is 0 Å². The van der Waals surface area contributed by atoms with E-state index in [2.05, 4.69) is 81.1 Å². The number of ether oxygens (including phenoxy) is 1. The molecule has 2 aliphatic heterocycles. The Bertz CT molecular complexity index is 1020. The number of para-hydroxylation sites is 1. The van der Waals surface area contributed by atoms with Crippen molar-refractivity contribution >= 4 is 29.0 Å². The molecule has 200 valence electrons. The van der Waals surface area contributed by atoms with E-state index in [0.717, 1.165) is 63.5 Å². The maximum atomic E-state index is 9.55. The molecule has 0 atom stereocenters. The number of aliphatic carboxylic acids is 2. The smallest absolute Gasteiger partial charge is 0.328 e. The van der Waals surface area contributed by atoms with Gasteiger partial charge in [0, 0.05) is 63.1 Å². The molecule has 4 rings (SSSR count). The lowest BCUT2D eigenvalue weighted by molar-refractivity contribution is -0.134. The first kappa shape index (κ1) is 27.8. The van der Waals surface area contributed by atoms with Crippen molar-refractivity contribution in [2.24, 2.45) is 0 Å². The summed E-state index contributed by atoms with van der Waals surface area (Å²) in [5, 5.41) is 21.6. The number of piperidine rings is 1. The molecule has 0 saturated carbocycles. The van der Waals surface area contributed by atoms with Crippen molar-refractivity contribution in [1.82, 2.24) is 9.91 Å². The standard InChI is InChI=1S/C23H33N5O.C4H4O4/c1-26-14-16-27(17-15-26)22-18-21(8-9-23(22)29-2)25-28-12-10-20(11-13-28)24-19-6-4-3-5-7-19;5-3(6)1-2-4(7)8/h3-9,18,20,24-25H,10-17H2,1-2H3;1-2H,(H,5,6)(H,7,8)/b;2-1+. The van der Waals surface area contributed by atoms with E-state index in [0.29, 0.717) is 18.2 Å². The van der Waals surface area contributed by atoms with Crippen molar-refractivity contribution in [3.8, 4) is 5.75 Å². The average Bonchev–Trinajstić information content (AvgIpc) is 2.90. The lowest BCUT2D eigenvalue weighted by Crippen LogP contribution is -2.44. The van der Waals surface area contributed by atoms with Gasteiger partial charge < -0.3 is 35.5 Å². The first-order valence-electron chi connectivity index (χ1n) is 12.4. The number of nitrogens with zero attached hydrogens (tertiary/aromatic N) is 3. The van der Waals surface area contributed by atoms with Crippen molar-refractivity contribution in [2.45, 2.75) is 18.9 Å². The zero-order valence-electron chi connectivity index (χ0n) is 21.5. The van der Waals surface area contributed by atoms with Gasteiger partial charge in [-0.05, 0) is 50.2 Å². The van der Waals surface area contributed by atoms with Crippen molar-refractivity contribution in [3.63, 3.8) is 0 Å². The van der Waals surface area contributed by atoms with Crippen LogP contribution < -0.4 is 20.4 Å². The van der Waals surface area contributed by atoms with Gasteiger partial charge in [-0.15, -0.1) is 0 Å². The highest BCUT2D eigenvalue weighted by Gasteiger charge is 2.21. The summed E-state index contributed by atoms with van der Waals surface area (Å²) in [5.41, 5.74) is 7.15. The highest BCUT2D eigenvalue weighted by atomic mass is 16.5. The fourth-order valence-corrected chi connectivity index (χ4v) is 4.28. The van der Waals surface area contributed by atoms with E-state index in [-0.39, 0.29) is 0 Å². The zero-order chi connectivity index (χ0) is 26.6. The number of piperazine rings is 1. The molecule has 10 nitrogen and oxygen atoms in total. The zero-order valence-corrected chi connectivity index (χ0v) is 21.5. The molecule has 2 aromatic carbocycles. The summed E-state index contributed by atoms with van der Waals surface area (Å²) in [6.45, 7) is 6.30. The van der Waals surface area contributed by atoms with Crippen LogP contribution in [0.15, 0.2) is 60.7 Å². The van der Waals surface area contributed by atoms with Crippen LogP contribution in [0.4, 0.5) is 17.1 Å². The monoisotopic (exact) mass is 511 g/mol. The van der Waals surface area contributed by atoms with Crippen LogP contribution >= 0.6 is 0 Å². The molecule has 0 bridgehead atoms. The van der Waals surface area contributed by atoms with E-state index in [1.54, 1.807) is 7.11 Å². The SMILES string of the molecule is COc1ccc(NN2CCC(Nc3ccccc3)CC2)cc1N1CCN(C)CC1.O=C(O)/C=C/C(=O)O. The summed E-state index contributed by atoms with van der Waals surface area (Å²) in [4.78, 5) is 23.9. The highest BCUT2D eigenvalue weighted by Crippen LogP contribution is 2.32. The molecule has 2 aliphatic rings. The fraction of sp³-hybridized carbons (Fsp3) is 0.407. The number of hydrogen-bond acceptors (Lipinski definition) is 8. The summed E-state index contributed by atoms with van der Waals surface area (Å²) >= 11 is 0. The molecule has 0 amide bonds. The number of hydrogen-bond donors (Lipinski definition) is 4. The molecule has 0 spiro atoms. The van der Waals surface area contributed by atoms with E-state index >= 15 is 0 Å². The molecule has 2 fully saturated rings. The predicted molar refractivity (Wildman–Crippen MR) is 145 cm³/mol. The summed E-state index contributed by atoms with van der Waals surface area (Å²) in [5.74, 6) is -1.56. The topological polar surface area (TPSA) is 118 Å². The van der Waals surface area contributed by atoms with Crippen LogP contribution in [0.2, 0.25) is 0 Å². The van der Waals surface area contributed by atoms with Gasteiger partial charge in [0.05, 0.1) is 18.5 Å². The first-order chi connectivity index (χ1) is 17.8. The number of likely N-dealkylation sites (N-methyl/N-ethyl adjacent to an activating group) is 1. The normalized spacial score (nSPS) is 17.1. The third-order valence-corrected chi connectivity index (χ3v) is 6.32. The van der Waals surface area contributed by atoms with Crippen LogP contribution in [0, 0.1) is 0 Å². The van der Waals surface area contributed by atoms with Gasteiger partial charge >= 0.3 is 11.9 Å². The maximum Gasteiger partial charge on any atom is 0.328 e. The molecule has 0 aromatic heterocycles. The number of carbonyl (C=O) groups is 2. The van der Waals surface area contributed by atoms with Crippen molar-refractivity contribution < 1.29 is 24.5 Å². The van der Waals surface area contributed by atoms with Crippen molar-refractivity contribution in [1.29, 1.82) is 0 Å². The molecule has 0 aliphatic carbocycles. The number of anilines is 3. The van der Waals surface area contributed by atoms with E-state index < -0.39 is 11.9 Å². The number of carboxylic acids is 2. The Hall–Kier alpha value is -3.76. The van der Waals surface area contributed by atoms with Gasteiger partial charge in [-0.1, -0.05) is 18.2 Å². The second-order valence-corrected chi connectivity index (χ2v) is 9.07. The van der Waals surface area contributed by atoms with E-state index in [9.17, 15) is 9.59 Å². The van der Waals surface area contributed by atoms with Crippen molar-refractivity contribution in [2.75, 3.05) is 69.1 Å². The minimum Gasteiger partial charge on any atom is -0.495 e. The molecule has 4 N–H and O–H groups in total. The molecular formula is C27H37N5O5. The lowest BCUT2D eigenvalue weighted by atomic mass is 10.1. The number of methoxy groups -OCH3 is 1. The Morgan fingerprint density at radius 3 is 2.08 bits per heavy atom. The predicted octanol–water partition coefficient (Wildman–Crippen LogP) is 3.06. The van der Waals surface area contributed by atoms with Gasteiger partial charge in [0.15, 0.2) is 0 Å². The van der Waals surface area contributed by atoms with E-state index in [1.165, 1.54) is 11.4 Å². The van der Waals surface area contributed by atoms with Crippen LogP contribution in [-0.2, 0) is 9.59 Å². The number of benzene rings is 2. The van der Waals surface area contributed by atoms with Gasteiger partial charge in [0.1, 0.15) is 5.75 Å². The number of rotatable bonds is 8. The summed E-state index contributed by atoms with van der Waals surface area (Å²) in [6.07, 6.45) is 3.37. The maximum absolute atomic E-state index is 9.55. The number of carboxylic acid groups (broad SMARTS) is 2. The van der Waals surface area contributed by atoms with Gasteiger partial charge in [0.25, 0.3) is 0 Å². The van der Waals surface area contributed by atoms with Crippen LogP contribution in [0.25, 0.3) is 0 Å². The Kier molecular flexibility index (Phi) is 10.6. The van der Waals surface area contributed by atoms with Crippen LogP contribution in [0.3, 0.4) is 0 Å². The molecule has 0 radical (unpaired) electrons. The Labute approximate surface area is 218 Å². The van der Waals surface area contributed by atoms with Gasteiger partial charge in [-0.25, -0.2) is 14.6 Å². The summed E-state index contributed by atoms with van der Waals surface area (Å²) in [7, 11) is 3.94. The minimum atomic E-state index is -1.26. The van der Waals surface area contributed by atoms with Crippen LogP contribution in [-0.4, -0.2) is 91.5 Å². The molecule has 10 heteroatoms. The van der Waals surface area contributed by atoms with Gasteiger partial charge in [-0.2, -0.15) is 0 Å². The second-order valence-electron chi connectivity index (χ2n) is 9.07. The fourth-order valence-electron chi connectivity index (χ4n) is 4.28. The van der Waals surface area contributed by atoms with E-state index in [1.807, 2.05) is 0 Å². The summed E-state index contributed by atoms with van der Waals surface area (Å²) < 4.78 is 5.64. The third kappa shape index (κ3) is 9.32. The summed E-state index contributed by atoms with van der Waals surface area (Å²) in [6, 6.07) is 17.5. The van der Waals surface area contributed by atoms with Gasteiger partial charge in [-0.3, -0.25) is 0 Å². The molecular weight excluding hydrogens is 474 g/mol. The van der Waals surface area contributed by atoms with Crippen molar-refractivity contribution in [3.05, 3.63) is 60.7 Å². The Morgan fingerprint density at radius 1 is 0.892 bits per heavy atom. The Balaban J connectivity index is 0.000000414. The largest absolute Gasteiger partial charge is 0.495 e. The number of nitrogens with one attached hydrogen (secondary N) is 2. The lowest BCUT2D eigenvalue weighted by Gasteiger charge is -2.36. The molecule has 2 heterocycles. The minimum absolute atomic E-state index is 0.534. The second kappa shape index (κ2) is 14.1.